The van der Waals surface area contributed by atoms with Crippen molar-refractivity contribution in [3.63, 3.8) is 0 Å². The molecule has 1 aliphatic carbocycles. The van der Waals surface area contributed by atoms with Crippen LogP contribution in [0.25, 0.3) is 32.9 Å². The van der Waals surface area contributed by atoms with Crippen LogP contribution in [0.3, 0.4) is 0 Å². The van der Waals surface area contributed by atoms with Gasteiger partial charge in [0.2, 0.25) is 11.8 Å². The number of terminal acetylenes is 1. The number of halogens is 3. The second kappa shape index (κ2) is 14.5. The third-order valence-electron chi connectivity index (χ3n) is 13.0. The van der Waals surface area contributed by atoms with Crippen LogP contribution in [-0.4, -0.2) is 104 Å². The van der Waals surface area contributed by atoms with Crippen LogP contribution in [-0.2, 0) is 9.59 Å². The molecule has 2 bridgehead atoms. The van der Waals surface area contributed by atoms with E-state index < -0.39 is 23.3 Å². The highest BCUT2D eigenvalue weighted by Gasteiger charge is 2.50. The van der Waals surface area contributed by atoms with Crippen molar-refractivity contribution in [1.82, 2.24) is 30.1 Å². The van der Waals surface area contributed by atoms with Crippen LogP contribution in [0.15, 0.2) is 43.1 Å². The third kappa shape index (κ3) is 6.49. The maximum atomic E-state index is 17.1. The van der Waals surface area contributed by atoms with Crippen molar-refractivity contribution in [3.8, 4) is 35.4 Å². The zero-order valence-corrected chi connectivity index (χ0v) is 31.5. The second-order valence-corrected chi connectivity index (χ2v) is 16.3. The Bertz CT molecular complexity index is 2330. The first-order valence-electron chi connectivity index (χ1n) is 19.9. The molecule has 9 rings (SSSR count). The molecule has 2 N–H and O–H groups in total. The molecular weight excluding hydrogens is 736 g/mol. The van der Waals surface area contributed by atoms with Gasteiger partial charge in [0.1, 0.15) is 41.4 Å². The molecule has 6 heterocycles. The molecule has 11 nitrogen and oxygen atoms in total. The third-order valence-corrected chi connectivity index (χ3v) is 13.0. The van der Waals surface area contributed by atoms with Gasteiger partial charge in [-0.2, -0.15) is 9.97 Å². The molecule has 57 heavy (non-hydrogen) atoms. The van der Waals surface area contributed by atoms with E-state index in [9.17, 15) is 19.1 Å². The van der Waals surface area contributed by atoms with Gasteiger partial charge >= 0.3 is 6.01 Å². The van der Waals surface area contributed by atoms with E-state index in [0.717, 1.165) is 45.1 Å². The largest absolute Gasteiger partial charge is 0.508 e. The van der Waals surface area contributed by atoms with Crippen LogP contribution < -0.4 is 15.0 Å². The Labute approximate surface area is 328 Å². The zero-order chi connectivity index (χ0) is 39.6. The fourth-order valence-corrected chi connectivity index (χ4v) is 10.3. The maximum absolute atomic E-state index is 17.1. The van der Waals surface area contributed by atoms with Crippen LogP contribution in [0.1, 0.15) is 63.4 Å². The quantitative estimate of drug-likeness (QED) is 0.169. The van der Waals surface area contributed by atoms with E-state index in [-0.39, 0.29) is 81.9 Å². The average Bonchev–Trinajstić information content (AvgIpc) is 3.83. The smallest absolute Gasteiger partial charge is 0.319 e. The van der Waals surface area contributed by atoms with Crippen molar-refractivity contribution in [3.05, 3.63) is 60.3 Å². The highest BCUT2D eigenvalue weighted by Crippen LogP contribution is 2.43. The van der Waals surface area contributed by atoms with Crippen LogP contribution in [0, 0.1) is 29.9 Å². The van der Waals surface area contributed by atoms with Crippen LogP contribution >= 0.6 is 0 Å². The maximum Gasteiger partial charge on any atom is 0.319 e. The molecule has 0 spiro atoms. The number of pyridine rings is 1. The molecule has 5 aliphatic rings. The van der Waals surface area contributed by atoms with Gasteiger partial charge in [0.15, 0.2) is 5.82 Å². The number of nitrogens with one attached hydrogen (secondary N) is 1. The molecule has 5 fully saturated rings. The fourth-order valence-electron chi connectivity index (χ4n) is 10.3. The Morgan fingerprint density at radius 2 is 1.86 bits per heavy atom. The molecular formula is C43H44F3N7O4. The lowest BCUT2D eigenvalue weighted by atomic mass is 9.84. The number of phenols is 1. The summed E-state index contributed by atoms with van der Waals surface area (Å²) in [5.74, 6) is 0.898. The number of benzene rings is 2. The predicted octanol–water partition coefficient (Wildman–Crippen LogP) is 5.81. The molecule has 2 aromatic heterocycles. The summed E-state index contributed by atoms with van der Waals surface area (Å²) in [4.78, 5) is 46.1. The molecule has 4 aliphatic heterocycles. The highest BCUT2D eigenvalue weighted by molar-refractivity contribution is 6.03. The number of hydrogen-bond donors (Lipinski definition) is 2. The number of carbonyl (C=O) groups is 2. The number of piperazine rings is 1. The van der Waals surface area contributed by atoms with E-state index in [4.69, 9.17) is 16.1 Å². The number of carbonyl (C=O) groups excluding carboxylic acids is 2. The Morgan fingerprint density at radius 3 is 2.60 bits per heavy atom. The van der Waals surface area contributed by atoms with Crippen molar-refractivity contribution in [2.45, 2.75) is 87.6 Å². The van der Waals surface area contributed by atoms with E-state index >= 15 is 8.78 Å². The van der Waals surface area contributed by atoms with Gasteiger partial charge in [-0.15, -0.1) is 6.42 Å². The van der Waals surface area contributed by atoms with Gasteiger partial charge in [-0.1, -0.05) is 18.6 Å². The topological polar surface area (TPSA) is 124 Å². The Balaban J connectivity index is 1.07. The molecule has 2 aromatic carbocycles. The van der Waals surface area contributed by atoms with E-state index in [1.54, 1.807) is 0 Å². The number of hydrogen-bond acceptors (Lipinski definition) is 9. The van der Waals surface area contributed by atoms with Crippen molar-refractivity contribution in [2.24, 2.45) is 5.92 Å². The number of rotatable bonds is 8. The van der Waals surface area contributed by atoms with Crippen LogP contribution in [0.4, 0.5) is 19.0 Å². The number of anilines is 1. The minimum atomic E-state index is -0.967. The summed E-state index contributed by atoms with van der Waals surface area (Å²) in [7, 11) is 0. The summed E-state index contributed by atoms with van der Waals surface area (Å²) in [5.41, 5.74) is -0.766. The lowest BCUT2D eigenvalue weighted by Crippen LogP contribution is -2.57. The molecule has 1 saturated carbocycles. The number of nitrogens with zero attached hydrogens (tertiary/aromatic N) is 6. The number of amides is 2. The molecule has 14 heteroatoms. The first-order valence-corrected chi connectivity index (χ1v) is 19.9. The number of phenolic OH excluding ortho intramolecular Hbond substituents is 1. The first-order chi connectivity index (χ1) is 27.6. The molecule has 4 aromatic rings. The van der Waals surface area contributed by atoms with Crippen LogP contribution in [0.2, 0.25) is 0 Å². The van der Waals surface area contributed by atoms with Gasteiger partial charge in [-0.25, -0.2) is 13.2 Å². The molecule has 2 unspecified atom stereocenters. The fraction of sp³-hybridized carbons (Fsp3) is 0.465. The number of aromatic nitrogens is 3. The SMILES string of the molecule is C#Cc1c(F)ccc2cc(O)cc(-c3ncc4c(N5CC6CCC(C5)N6C(=O)C5CCC(NC(=O)C=C)CC5)nc(OC[C@@]56CCCN5C[C@H](F)C6)nc4c3F)c12. The van der Waals surface area contributed by atoms with Gasteiger partial charge in [-0.05, 0) is 87.6 Å². The van der Waals surface area contributed by atoms with Gasteiger partial charge in [0, 0.05) is 67.2 Å². The Kier molecular flexibility index (Phi) is 9.46. The normalized spacial score (nSPS) is 27.1. The van der Waals surface area contributed by atoms with E-state index in [0.29, 0.717) is 55.5 Å². The van der Waals surface area contributed by atoms with Crippen molar-refractivity contribution in [2.75, 3.05) is 37.7 Å². The summed E-state index contributed by atoms with van der Waals surface area (Å²) in [6.07, 6.45) is 14.0. The minimum Gasteiger partial charge on any atom is -0.508 e. The Morgan fingerprint density at radius 1 is 1.09 bits per heavy atom. The van der Waals surface area contributed by atoms with Crippen LogP contribution in [0.5, 0.6) is 11.8 Å². The van der Waals surface area contributed by atoms with E-state index in [1.165, 1.54) is 36.5 Å². The highest BCUT2D eigenvalue weighted by atomic mass is 19.1. The number of fused-ring (bicyclic) bond motifs is 5. The number of aromatic hydroxyl groups is 1. The molecule has 4 atom stereocenters. The summed E-state index contributed by atoms with van der Waals surface area (Å²) in [6.45, 7) is 5.68. The van der Waals surface area contributed by atoms with Gasteiger partial charge in [-0.3, -0.25) is 19.5 Å². The van der Waals surface area contributed by atoms with Gasteiger partial charge in [0.05, 0.1) is 16.5 Å². The van der Waals surface area contributed by atoms with Crippen molar-refractivity contribution < 1.29 is 32.6 Å². The number of alkyl halides is 1. The summed E-state index contributed by atoms with van der Waals surface area (Å²) in [5, 5.41) is 14.6. The molecule has 4 saturated heterocycles. The monoisotopic (exact) mass is 779 g/mol. The summed E-state index contributed by atoms with van der Waals surface area (Å²) < 4.78 is 53.1. The van der Waals surface area contributed by atoms with Gasteiger partial charge in [0.25, 0.3) is 0 Å². The second-order valence-electron chi connectivity index (χ2n) is 16.3. The Hall–Kier alpha value is -5.42. The molecule has 0 radical (unpaired) electrons. The first kappa shape index (κ1) is 37.2. The van der Waals surface area contributed by atoms with Crippen molar-refractivity contribution in [1.29, 1.82) is 0 Å². The number of ether oxygens (including phenoxy) is 1. The van der Waals surface area contributed by atoms with Crippen molar-refractivity contribution >= 4 is 39.3 Å². The standard InChI is InChI=1S/C43H44F3N7O4/c1-3-31-34(45)13-8-25-16-30(54)17-32(36(25)31)38-37(46)39-33(19-47-38)40(50-42(49-39)57-23-43-14-5-15-52(43)20-26(44)18-43)51-21-28-11-12-29(22-51)53(28)41(56)24-6-9-27(10-7-24)48-35(55)4-2/h1,4,8,13,16-17,19,24,26-29,54H,2,5-7,9-12,14-15,18,20-23H2,(H,48,55)/t24?,26-,27?,28?,29?,43+/m1/s1. The van der Waals surface area contributed by atoms with Gasteiger partial charge < -0.3 is 25.0 Å². The van der Waals surface area contributed by atoms with E-state index in [1.807, 2.05) is 9.80 Å². The van der Waals surface area contributed by atoms with E-state index in [2.05, 4.69) is 32.7 Å². The minimum absolute atomic E-state index is 0.0281. The lowest BCUT2D eigenvalue weighted by molar-refractivity contribution is -0.140. The zero-order valence-electron chi connectivity index (χ0n) is 31.5. The molecule has 296 valence electrons. The average molecular weight is 780 g/mol. The molecule has 2 amide bonds. The predicted molar refractivity (Wildman–Crippen MR) is 208 cm³/mol. The summed E-state index contributed by atoms with van der Waals surface area (Å²) >= 11 is 0. The lowest BCUT2D eigenvalue weighted by Gasteiger charge is -2.44. The summed E-state index contributed by atoms with van der Waals surface area (Å²) in [6, 6.07) is 5.16.